The number of carbonyl (C=O) groups is 1. The van der Waals surface area contributed by atoms with E-state index in [1.54, 1.807) is 6.20 Å². The van der Waals surface area contributed by atoms with Crippen LogP contribution in [0.4, 0.5) is 5.69 Å². The minimum Gasteiger partial charge on any atom is -0.328 e. The summed E-state index contributed by atoms with van der Waals surface area (Å²) in [6.45, 7) is 0. The number of hydrogen-bond donors (Lipinski definition) is 2. The van der Waals surface area contributed by atoms with E-state index in [1.807, 2.05) is 30.5 Å². The van der Waals surface area contributed by atoms with Crippen molar-refractivity contribution in [2.45, 2.75) is 25.3 Å². The number of carbonyl (C=O) groups excluding carboxylic acids is 1. The molecule has 0 bridgehead atoms. The summed E-state index contributed by atoms with van der Waals surface area (Å²) in [6, 6.07) is 7.98. The quantitative estimate of drug-likeness (QED) is 0.865. The van der Waals surface area contributed by atoms with E-state index in [9.17, 15) is 4.79 Å². The molecule has 1 aromatic heterocycles. The van der Waals surface area contributed by atoms with Crippen LogP contribution in [0.2, 0.25) is 0 Å². The topological polar surface area (TPSA) is 68.0 Å². The normalized spacial score (nSPS) is 22.6. The Balaban J connectivity index is 1.76. The lowest BCUT2D eigenvalue weighted by Crippen LogP contribution is -2.23. The Morgan fingerprint density at radius 2 is 2.16 bits per heavy atom. The summed E-state index contributed by atoms with van der Waals surface area (Å²) in [5.74, 6) is 0.143. The van der Waals surface area contributed by atoms with Gasteiger partial charge in [0, 0.05) is 35.4 Å². The third-order valence-electron chi connectivity index (χ3n) is 3.75. The molecule has 1 aliphatic rings. The summed E-state index contributed by atoms with van der Waals surface area (Å²) in [5, 5.41) is 5.13. The Labute approximate surface area is 112 Å². The Morgan fingerprint density at radius 3 is 2.95 bits per heavy atom. The molecule has 0 saturated heterocycles. The average Bonchev–Trinajstić information content (AvgIpc) is 2.85. The van der Waals surface area contributed by atoms with E-state index in [0.717, 1.165) is 35.7 Å². The zero-order chi connectivity index (χ0) is 13.2. The third-order valence-corrected chi connectivity index (χ3v) is 3.75. The smallest absolute Gasteiger partial charge is 0.227 e. The van der Waals surface area contributed by atoms with E-state index in [1.165, 1.54) is 0 Å². The molecule has 98 valence electrons. The van der Waals surface area contributed by atoms with Crippen LogP contribution in [-0.4, -0.2) is 16.9 Å². The van der Waals surface area contributed by atoms with Gasteiger partial charge in [0.05, 0.1) is 0 Å². The highest BCUT2D eigenvalue weighted by Crippen LogP contribution is 2.26. The van der Waals surface area contributed by atoms with Crippen molar-refractivity contribution in [3.8, 4) is 0 Å². The minimum atomic E-state index is 0.0585. The van der Waals surface area contributed by atoms with E-state index < -0.39 is 0 Å². The maximum absolute atomic E-state index is 12.1. The van der Waals surface area contributed by atoms with Gasteiger partial charge in [0.15, 0.2) is 0 Å². The van der Waals surface area contributed by atoms with Crippen LogP contribution < -0.4 is 11.1 Å². The molecule has 4 nitrogen and oxygen atoms in total. The molecule has 4 heteroatoms. The van der Waals surface area contributed by atoms with Crippen molar-refractivity contribution in [3.05, 3.63) is 36.7 Å². The van der Waals surface area contributed by atoms with E-state index >= 15 is 0 Å². The van der Waals surface area contributed by atoms with Crippen LogP contribution in [0.3, 0.4) is 0 Å². The molecular weight excluding hydrogens is 238 g/mol. The summed E-state index contributed by atoms with van der Waals surface area (Å²) >= 11 is 0. The van der Waals surface area contributed by atoms with Crippen LogP contribution >= 0.6 is 0 Å². The van der Waals surface area contributed by atoms with Gasteiger partial charge in [-0.25, -0.2) is 0 Å². The molecule has 1 heterocycles. The highest BCUT2D eigenvalue weighted by atomic mass is 16.1. The number of nitrogens with one attached hydrogen (secondary N) is 1. The van der Waals surface area contributed by atoms with Crippen LogP contribution in [0.15, 0.2) is 36.7 Å². The van der Waals surface area contributed by atoms with Crippen LogP contribution in [-0.2, 0) is 4.79 Å². The van der Waals surface area contributed by atoms with Crippen LogP contribution in [0.1, 0.15) is 19.3 Å². The van der Waals surface area contributed by atoms with Crippen LogP contribution in [0.5, 0.6) is 0 Å². The number of nitrogens with zero attached hydrogens (tertiary/aromatic N) is 1. The molecule has 2 unspecified atom stereocenters. The number of nitrogens with two attached hydrogens (primary N) is 1. The molecule has 0 aliphatic heterocycles. The van der Waals surface area contributed by atoms with Crippen LogP contribution in [0, 0.1) is 5.92 Å². The molecule has 1 fully saturated rings. The number of aromatic nitrogens is 1. The Bertz CT molecular complexity index is 611. The lowest BCUT2D eigenvalue weighted by Gasteiger charge is -2.11. The van der Waals surface area contributed by atoms with Gasteiger partial charge in [-0.2, -0.15) is 0 Å². The van der Waals surface area contributed by atoms with Gasteiger partial charge in [0.2, 0.25) is 5.91 Å². The zero-order valence-electron chi connectivity index (χ0n) is 10.7. The van der Waals surface area contributed by atoms with Gasteiger partial charge in [0.1, 0.15) is 0 Å². The molecule has 2 aromatic rings. The van der Waals surface area contributed by atoms with Gasteiger partial charge in [-0.15, -0.1) is 0 Å². The molecule has 2 atom stereocenters. The average molecular weight is 255 g/mol. The van der Waals surface area contributed by atoms with E-state index in [2.05, 4.69) is 10.3 Å². The molecular formula is C15H17N3O. The first-order valence-corrected chi connectivity index (χ1v) is 6.62. The van der Waals surface area contributed by atoms with Gasteiger partial charge >= 0.3 is 0 Å². The number of pyridine rings is 1. The van der Waals surface area contributed by atoms with Gasteiger partial charge in [0.25, 0.3) is 0 Å². The standard InChI is InChI=1S/C15H17N3O/c16-13-3-1-11(7-13)15(19)18-14-4-2-12-9-17-6-5-10(12)8-14/h2,4-6,8-9,11,13H,1,3,7,16H2,(H,18,19). The monoisotopic (exact) mass is 255 g/mol. The first-order chi connectivity index (χ1) is 9.22. The molecule has 1 aliphatic carbocycles. The highest BCUT2D eigenvalue weighted by Gasteiger charge is 2.27. The fourth-order valence-corrected chi connectivity index (χ4v) is 2.66. The maximum Gasteiger partial charge on any atom is 0.227 e. The summed E-state index contributed by atoms with van der Waals surface area (Å²) < 4.78 is 0. The van der Waals surface area contributed by atoms with E-state index in [-0.39, 0.29) is 17.9 Å². The maximum atomic E-state index is 12.1. The Kier molecular flexibility index (Phi) is 3.17. The first kappa shape index (κ1) is 12.1. The van der Waals surface area contributed by atoms with E-state index in [0.29, 0.717) is 0 Å². The zero-order valence-corrected chi connectivity index (χ0v) is 10.7. The third kappa shape index (κ3) is 2.58. The first-order valence-electron chi connectivity index (χ1n) is 6.62. The van der Waals surface area contributed by atoms with Crippen molar-refractivity contribution in [1.29, 1.82) is 0 Å². The number of rotatable bonds is 2. The molecule has 3 N–H and O–H groups in total. The summed E-state index contributed by atoms with van der Waals surface area (Å²) in [7, 11) is 0. The minimum absolute atomic E-state index is 0.0585. The Hall–Kier alpha value is -1.94. The van der Waals surface area contributed by atoms with Crippen molar-refractivity contribution >= 4 is 22.4 Å². The summed E-state index contributed by atoms with van der Waals surface area (Å²) in [4.78, 5) is 16.2. The Morgan fingerprint density at radius 1 is 1.26 bits per heavy atom. The predicted octanol–water partition coefficient (Wildman–Crippen LogP) is 2.30. The van der Waals surface area contributed by atoms with Gasteiger partial charge in [-0.1, -0.05) is 6.07 Å². The number of amides is 1. The number of anilines is 1. The molecule has 1 aromatic carbocycles. The molecule has 1 amide bonds. The highest BCUT2D eigenvalue weighted by molar-refractivity contribution is 5.95. The lowest BCUT2D eigenvalue weighted by atomic mass is 10.1. The van der Waals surface area contributed by atoms with Crippen molar-refractivity contribution < 1.29 is 4.79 Å². The van der Waals surface area contributed by atoms with Crippen molar-refractivity contribution in [3.63, 3.8) is 0 Å². The van der Waals surface area contributed by atoms with E-state index in [4.69, 9.17) is 5.73 Å². The largest absolute Gasteiger partial charge is 0.328 e. The number of benzene rings is 1. The SMILES string of the molecule is NC1CCC(C(=O)Nc2ccc3cnccc3c2)C1. The van der Waals surface area contributed by atoms with Gasteiger partial charge < -0.3 is 11.1 Å². The predicted molar refractivity (Wildman–Crippen MR) is 75.7 cm³/mol. The van der Waals surface area contributed by atoms with Crippen LogP contribution in [0.25, 0.3) is 10.8 Å². The van der Waals surface area contributed by atoms with Crippen molar-refractivity contribution in [2.24, 2.45) is 11.7 Å². The molecule has 1 saturated carbocycles. The van der Waals surface area contributed by atoms with Crippen molar-refractivity contribution in [2.75, 3.05) is 5.32 Å². The second-order valence-electron chi connectivity index (χ2n) is 5.20. The molecule has 0 radical (unpaired) electrons. The summed E-state index contributed by atoms with van der Waals surface area (Å²) in [6.07, 6.45) is 6.20. The van der Waals surface area contributed by atoms with Gasteiger partial charge in [-0.05, 0) is 42.8 Å². The lowest BCUT2D eigenvalue weighted by molar-refractivity contribution is -0.119. The molecule has 0 spiro atoms. The van der Waals surface area contributed by atoms with Gasteiger partial charge in [-0.3, -0.25) is 9.78 Å². The fourth-order valence-electron chi connectivity index (χ4n) is 2.66. The number of hydrogen-bond acceptors (Lipinski definition) is 3. The second kappa shape index (κ2) is 4.97. The van der Waals surface area contributed by atoms with Crippen molar-refractivity contribution in [1.82, 2.24) is 4.98 Å². The summed E-state index contributed by atoms with van der Waals surface area (Å²) in [5.41, 5.74) is 6.68. The number of fused-ring (bicyclic) bond motifs is 1. The second-order valence-corrected chi connectivity index (χ2v) is 5.20. The molecule has 19 heavy (non-hydrogen) atoms. The molecule has 3 rings (SSSR count). The fraction of sp³-hybridized carbons (Fsp3) is 0.333.